The van der Waals surface area contributed by atoms with Gasteiger partial charge in [0.2, 0.25) is 5.91 Å². The normalized spacial score (nSPS) is 10.0. The van der Waals surface area contributed by atoms with Crippen LogP contribution in [0.4, 0.5) is 5.69 Å². The highest BCUT2D eigenvalue weighted by Crippen LogP contribution is 2.13. The van der Waals surface area contributed by atoms with Gasteiger partial charge in [-0.1, -0.05) is 0 Å². The molecule has 2 rings (SSSR count). The van der Waals surface area contributed by atoms with Gasteiger partial charge in [0.05, 0.1) is 0 Å². The summed E-state index contributed by atoms with van der Waals surface area (Å²) in [5.74, 6) is -0.162. The lowest BCUT2D eigenvalue weighted by Crippen LogP contribution is -2.26. The first-order chi connectivity index (χ1) is 9.06. The van der Waals surface area contributed by atoms with E-state index in [2.05, 4.69) is 5.32 Å². The van der Waals surface area contributed by atoms with Crippen LogP contribution in [0.1, 0.15) is 22.8 Å². The lowest BCUT2D eigenvalue weighted by atomic mass is 10.0. The van der Waals surface area contributed by atoms with Crippen molar-refractivity contribution >= 4 is 17.4 Å². The Morgan fingerprint density at radius 1 is 0.947 bits per heavy atom. The quantitative estimate of drug-likeness (QED) is 0.670. The van der Waals surface area contributed by atoms with E-state index in [1.54, 1.807) is 36.4 Å². The minimum Gasteiger partial charge on any atom is -0.326 e. The maximum absolute atomic E-state index is 12.2. The molecule has 0 aliphatic carbocycles. The van der Waals surface area contributed by atoms with Gasteiger partial charge in [-0.25, -0.2) is 4.57 Å². The maximum atomic E-state index is 12.2. The first-order valence-electron chi connectivity index (χ1n) is 5.94. The molecule has 0 spiro atoms. The van der Waals surface area contributed by atoms with Crippen molar-refractivity contribution in [1.29, 1.82) is 0 Å². The molecule has 0 radical (unpaired) electrons. The van der Waals surface area contributed by atoms with Gasteiger partial charge in [0.25, 0.3) is 0 Å². The van der Waals surface area contributed by atoms with Gasteiger partial charge < -0.3 is 5.32 Å². The first kappa shape index (κ1) is 13.0. The smallest absolute Gasteiger partial charge is 0.221 e. The topological polar surface area (TPSA) is 50.1 Å². The Bertz CT molecular complexity index is 601. The number of ketones is 1. The van der Waals surface area contributed by atoms with Crippen LogP contribution in [0.15, 0.2) is 48.8 Å². The summed E-state index contributed by atoms with van der Waals surface area (Å²) >= 11 is 0. The zero-order chi connectivity index (χ0) is 13.8. The lowest BCUT2D eigenvalue weighted by molar-refractivity contribution is -0.671. The predicted molar refractivity (Wildman–Crippen MR) is 71.8 cm³/mol. The summed E-state index contributed by atoms with van der Waals surface area (Å²) in [5, 5.41) is 2.66. The number of rotatable bonds is 3. The average molecular weight is 255 g/mol. The molecule has 1 aromatic heterocycles. The lowest BCUT2D eigenvalue weighted by Gasteiger charge is -2.04. The van der Waals surface area contributed by atoms with Crippen molar-refractivity contribution in [3.05, 3.63) is 59.9 Å². The van der Waals surface area contributed by atoms with Crippen LogP contribution < -0.4 is 9.88 Å². The number of hydrogen-bond donors (Lipinski definition) is 1. The standard InChI is InChI=1S/C15H14N2O2/c1-11(18)16-14-5-3-12(4-6-14)15(19)13-7-9-17(2)10-8-13/h3-10H,1-2H3/p+1. The van der Waals surface area contributed by atoms with Crippen LogP contribution in [0.25, 0.3) is 0 Å². The van der Waals surface area contributed by atoms with Crippen molar-refractivity contribution in [3.63, 3.8) is 0 Å². The fourth-order valence-corrected chi connectivity index (χ4v) is 1.73. The fourth-order valence-electron chi connectivity index (χ4n) is 1.73. The number of aromatic nitrogens is 1. The number of aryl methyl sites for hydroxylation is 1. The number of anilines is 1. The number of hydrogen-bond acceptors (Lipinski definition) is 2. The van der Waals surface area contributed by atoms with E-state index in [1.807, 2.05) is 24.0 Å². The molecule has 96 valence electrons. The van der Waals surface area contributed by atoms with E-state index in [4.69, 9.17) is 0 Å². The maximum Gasteiger partial charge on any atom is 0.221 e. The third kappa shape index (κ3) is 3.25. The van der Waals surface area contributed by atoms with Gasteiger partial charge in [0, 0.05) is 35.9 Å². The Labute approximate surface area is 111 Å². The highest BCUT2D eigenvalue weighted by molar-refractivity contribution is 6.09. The summed E-state index contributed by atoms with van der Waals surface area (Å²) in [5.41, 5.74) is 1.93. The van der Waals surface area contributed by atoms with Gasteiger partial charge in [0.1, 0.15) is 7.05 Å². The molecular weight excluding hydrogens is 240 g/mol. The summed E-state index contributed by atoms with van der Waals surface area (Å²) < 4.78 is 1.87. The highest BCUT2D eigenvalue weighted by Gasteiger charge is 2.10. The van der Waals surface area contributed by atoms with Crippen LogP contribution in [0.3, 0.4) is 0 Å². The van der Waals surface area contributed by atoms with Crippen molar-refractivity contribution in [1.82, 2.24) is 0 Å². The van der Waals surface area contributed by atoms with E-state index >= 15 is 0 Å². The molecule has 0 saturated carbocycles. The van der Waals surface area contributed by atoms with E-state index in [-0.39, 0.29) is 11.7 Å². The van der Waals surface area contributed by atoms with Gasteiger partial charge in [0.15, 0.2) is 18.2 Å². The largest absolute Gasteiger partial charge is 0.326 e. The van der Waals surface area contributed by atoms with Crippen molar-refractivity contribution in [2.45, 2.75) is 6.92 Å². The van der Waals surface area contributed by atoms with Crippen LogP contribution >= 0.6 is 0 Å². The second kappa shape index (κ2) is 5.44. The molecule has 0 aliphatic rings. The van der Waals surface area contributed by atoms with E-state index < -0.39 is 0 Å². The third-order valence-corrected chi connectivity index (χ3v) is 2.71. The molecular formula is C15H15N2O2+. The number of benzene rings is 1. The highest BCUT2D eigenvalue weighted by atomic mass is 16.1. The molecule has 1 amide bonds. The molecule has 0 unspecified atom stereocenters. The summed E-state index contributed by atoms with van der Waals surface area (Å²) in [6.07, 6.45) is 3.66. The molecule has 4 nitrogen and oxygen atoms in total. The van der Waals surface area contributed by atoms with E-state index in [9.17, 15) is 9.59 Å². The number of carbonyl (C=O) groups excluding carboxylic acids is 2. The van der Waals surface area contributed by atoms with Crippen LogP contribution in [-0.4, -0.2) is 11.7 Å². The van der Waals surface area contributed by atoms with Gasteiger partial charge in [-0.15, -0.1) is 0 Å². The number of pyridine rings is 1. The zero-order valence-electron chi connectivity index (χ0n) is 10.9. The number of amides is 1. The summed E-state index contributed by atoms with van der Waals surface area (Å²) in [7, 11) is 1.90. The van der Waals surface area contributed by atoms with Gasteiger partial charge in [-0.2, -0.15) is 0 Å². The summed E-state index contributed by atoms with van der Waals surface area (Å²) in [6, 6.07) is 10.4. The molecule has 0 fully saturated rings. The van der Waals surface area contributed by atoms with Crippen molar-refractivity contribution in [2.24, 2.45) is 7.05 Å². The summed E-state index contributed by atoms with van der Waals surface area (Å²) in [4.78, 5) is 23.1. The molecule has 0 saturated heterocycles. The number of nitrogens with one attached hydrogen (secondary N) is 1. The Morgan fingerprint density at radius 3 is 2.00 bits per heavy atom. The molecule has 0 bridgehead atoms. The van der Waals surface area contributed by atoms with Gasteiger partial charge in [-0.05, 0) is 24.3 Å². The monoisotopic (exact) mass is 255 g/mol. The average Bonchev–Trinajstić information content (AvgIpc) is 2.39. The van der Waals surface area contributed by atoms with E-state index in [1.165, 1.54) is 6.92 Å². The Balaban J connectivity index is 2.20. The Morgan fingerprint density at radius 2 is 1.47 bits per heavy atom. The first-order valence-corrected chi connectivity index (χ1v) is 5.94. The SMILES string of the molecule is CC(=O)Nc1ccc(C(=O)c2cc[n+](C)cc2)cc1. The fraction of sp³-hybridized carbons (Fsp3) is 0.133. The number of carbonyl (C=O) groups is 2. The van der Waals surface area contributed by atoms with Gasteiger partial charge >= 0.3 is 0 Å². The zero-order valence-corrected chi connectivity index (χ0v) is 10.9. The predicted octanol–water partition coefficient (Wildman–Crippen LogP) is 1.70. The van der Waals surface area contributed by atoms with Gasteiger partial charge in [-0.3, -0.25) is 9.59 Å². The van der Waals surface area contributed by atoms with Crippen molar-refractivity contribution in [2.75, 3.05) is 5.32 Å². The molecule has 2 aromatic rings. The molecule has 19 heavy (non-hydrogen) atoms. The molecule has 4 heteroatoms. The Hall–Kier alpha value is -2.49. The minimum atomic E-state index is -0.130. The van der Waals surface area contributed by atoms with Crippen LogP contribution in [0.2, 0.25) is 0 Å². The molecule has 0 atom stereocenters. The second-order valence-electron chi connectivity index (χ2n) is 4.34. The van der Waals surface area contributed by atoms with Crippen LogP contribution in [0.5, 0.6) is 0 Å². The molecule has 1 heterocycles. The van der Waals surface area contributed by atoms with Crippen LogP contribution in [-0.2, 0) is 11.8 Å². The van der Waals surface area contributed by atoms with Crippen molar-refractivity contribution < 1.29 is 14.2 Å². The Kier molecular flexibility index (Phi) is 3.71. The van der Waals surface area contributed by atoms with Crippen LogP contribution in [0, 0.1) is 0 Å². The third-order valence-electron chi connectivity index (χ3n) is 2.71. The summed E-state index contributed by atoms with van der Waals surface area (Å²) in [6.45, 7) is 1.45. The second-order valence-corrected chi connectivity index (χ2v) is 4.34. The van der Waals surface area contributed by atoms with Crippen molar-refractivity contribution in [3.8, 4) is 0 Å². The van der Waals surface area contributed by atoms with E-state index in [0.717, 1.165) is 0 Å². The molecule has 0 aliphatic heterocycles. The molecule has 1 N–H and O–H groups in total. The number of nitrogens with zero attached hydrogens (tertiary/aromatic N) is 1. The minimum absolute atomic E-state index is 0.0324. The van der Waals surface area contributed by atoms with E-state index in [0.29, 0.717) is 16.8 Å². The molecule has 1 aromatic carbocycles.